The van der Waals surface area contributed by atoms with Crippen LogP contribution in [0, 0.1) is 12.7 Å². The van der Waals surface area contributed by atoms with Crippen LogP contribution >= 0.6 is 11.8 Å². The van der Waals surface area contributed by atoms with Crippen LogP contribution < -0.4 is 10.1 Å². The number of aryl methyl sites for hydroxylation is 1. The molecule has 0 radical (unpaired) electrons. The van der Waals surface area contributed by atoms with Gasteiger partial charge in [-0.2, -0.15) is 4.98 Å². The van der Waals surface area contributed by atoms with Crippen molar-refractivity contribution in [2.75, 3.05) is 0 Å². The molecule has 0 fully saturated rings. The van der Waals surface area contributed by atoms with Crippen molar-refractivity contribution in [1.29, 1.82) is 0 Å². The summed E-state index contributed by atoms with van der Waals surface area (Å²) in [5.74, 6) is 1.84. The molecule has 0 saturated heterocycles. The zero-order valence-electron chi connectivity index (χ0n) is 17.1. The molecule has 0 aliphatic carbocycles. The molecular formula is C23H19FN4O3S. The predicted molar refractivity (Wildman–Crippen MR) is 117 cm³/mol. The summed E-state index contributed by atoms with van der Waals surface area (Å²) < 4.78 is 23.8. The first kappa shape index (κ1) is 21.5. The van der Waals surface area contributed by atoms with Gasteiger partial charge in [0.05, 0.1) is 11.3 Å². The van der Waals surface area contributed by atoms with Crippen LogP contribution in [0.2, 0.25) is 0 Å². The second-order valence-electron chi connectivity index (χ2n) is 6.76. The minimum atomic E-state index is -0.340. The molecule has 32 heavy (non-hydrogen) atoms. The molecule has 7 nitrogen and oxygen atoms in total. The van der Waals surface area contributed by atoms with Gasteiger partial charge < -0.3 is 14.6 Å². The number of carbonyl (C=O) groups is 1. The Kier molecular flexibility index (Phi) is 6.76. The largest absolute Gasteiger partial charge is 0.439 e. The Bertz CT molecular complexity index is 1210. The summed E-state index contributed by atoms with van der Waals surface area (Å²) in [6.45, 7) is 2.05. The zero-order valence-corrected chi connectivity index (χ0v) is 17.9. The van der Waals surface area contributed by atoms with Crippen molar-refractivity contribution in [1.82, 2.24) is 20.4 Å². The van der Waals surface area contributed by atoms with E-state index in [1.54, 1.807) is 31.3 Å². The van der Waals surface area contributed by atoms with E-state index in [4.69, 9.17) is 9.26 Å². The molecule has 1 N–H and O–H groups in total. The number of hydrogen-bond donors (Lipinski definition) is 1. The SMILES string of the molecule is Cc1noc(CSc2ccccc2C(=O)NCc2ccnc(Oc3ccc(F)cc3)c2)n1. The van der Waals surface area contributed by atoms with Crippen molar-refractivity contribution in [3.05, 3.63) is 95.5 Å². The van der Waals surface area contributed by atoms with Gasteiger partial charge in [-0.25, -0.2) is 9.37 Å². The van der Waals surface area contributed by atoms with E-state index in [1.165, 1.54) is 36.0 Å². The first-order valence-corrected chi connectivity index (χ1v) is 10.7. The fraction of sp³-hybridized carbons (Fsp3) is 0.130. The number of ether oxygens (including phenoxy) is 1. The Morgan fingerprint density at radius 1 is 1.16 bits per heavy atom. The molecule has 4 rings (SSSR count). The Morgan fingerprint density at radius 3 is 2.75 bits per heavy atom. The lowest BCUT2D eigenvalue weighted by Crippen LogP contribution is -2.23. The number of thioether (sulfide) groups is 1. The Labute approximate surface area is 188 Å². The maximum absolute atomic E-state index is 13.0. The summed E-state index contributed by atoms with van der Waals surface area (Å²) in [5.41, 5.74) is 1.38. The molecule has 0 atom stereocenters. The normalized spacial score (nSPS) is 10.7. The lowest BCUT2D eigenvalue weighted by Gasteiger charge is -2.10. The molecule has 0 spiro atoms. The third kappa shape index (κ3) is 5.70. The average Bonchev–Trinajstić information content (AvgIpc) is 3.23. The number of nitrogens with zero attached hydrogens (tertiary/aromatic N) is 3. The lowest BCUT2D eigenvalue weighted by atomic mass is 10.2. The first-order valence-electron chi connectivity index (χ1n) is 9.74. The fourth-order valence-corrected chi connectivity index (χ4v) is 3.72. The average molecular weight is 450 g/mol. The van der Waals surface area contributed by atoms with Crippen LogP contribution in [-0.2, 0) is 12.3 Å². The van der Waals surface area contributed by atoms with Gasteiger partial charge in [0.25, 0.3) is 5.91 Å². The smallest absolute Gasteiger partial charge is 0.252 e. The number of hydrogen-bond acceptors (Lipinski definition) is 7. The summed E-state index contributed by atoms with van der Waals surface area (Å²) in [6, 6.07) is 16.5. The maximum Gasteiger partial charge on any atom is 0.252 e. The molecule has 4 aromatic rings. The van der Waals surface area contributed by atoms with Crippen LogP contribution in [0.5, 0.6) is 11.6 Å². The van der Waals surface area contributed by atoms with Crippen molar-refractivity contribution in [2.24, 2.45) is 0 Å². The van der Waals surface area contributed by atoms with Gasteiger partial charge >= 0.3 is 0 Å². The monoisotopic (exact) mass is 450 g/mol. The minimum Gasteiger partial charge on any atom is -0.439 e. The van der Waals surface area contributed by atoms with Gasteiger partial charge in [0, 0.05) is 23.7 Å². The highest BCUT2D eigenvalue weighted by molar-refractivity contribution is 7.98. The van der Waals surface area contributed by atoms with E-state index in [0.717, 1.165) is 10.5 Å². The van der Waals surface area contributed by atoms with E-state index < -0.39 is 0 Å². The molecule has 0 saturated carbocycles. The van der Waals surface area contributed by atoms with Gasteiger partial charge in [-0.15, -0.1) is 11.8 Å². The van der Waals surface area contributed by atoms with Gasteiger partial charge in [0.1, 0.15) is 11.6 Å². The van der Waals surface area contributed by atoms with Gasteiger partial charge in [-0.3, -0.25) is 4.79 Å². The molecule has 0 unspecified atom stereocenters. The molecule has 2 heterocycles. The summed E-state index contributed by atoms with van der Waals surface area (Å²) in [6.07, 6.45) is 1.59. The van der Waals surface area contributed by atoms with E-state index in [-0.39, 0.29) is 11.7 Å². The zero-order chi connectivity index (χ0) is 22.3. The van der Waals surface area contributed by atoms with E-state index in [0.29, 0.717) is 41.2 Å². The van der Waals surface area contributed by atoms with Gasteiger partial charge in [0.15, 0.2) is 5.82 Å². The summed E-state index contributed by atoms with van der Waals surface area (Å²) in [7, 11) is 0. The van der Waals surface area contributed by atoms with Crippen molar-refractivity contribution in [3.8, 4) is 11.6 Å². The van der Waals surface area contributed by atoms with Crippen LogP contribution in [0.4, 0.5) is 4.39 Å². The third-order valence-electron chi connectivity index (χ3n) is 4.34. The molecule has 2 aromatic carbocycles. The minimum absolute atomic E-state index is 0.201. The fourth-order valence-electron chi connectivity index (χ4n) is 2.84. The summed E-state index contributed by atoms with van der Waals surface area (Å²) in [5, 5.41) is 6.70. The van der Waals surface area contributed by atoms with E-state index >= 15 is 0 Å². The quantitative estimate of drug-likeness (QED) is 0.381. The Balaban J connectivity index is 1.38. The number of rotatable bonds is 8. The number of nitrogens with one attached hydrogen (secondary N) is 1. The molecular weight excluding hydrogens is 431 g/mol. The Hall–Kier alpha value is -3.72. The van der Waals surface area contributed by atoms with Gasteiger partial charge in [-0.1, -0.05) is 17.3 Å². The number of benzene rings is 2. The number of halogens is 1. The van der Waals surface area contributed by atoms with Gasteiger partial charge in [-0.05, 0) is 55.0 Å². The van der Waals surface area contributed by atoms with Crippen LogP contribution in [-0.4, -0.2) is 21.0 Å². The molecule has 1 amide bonds. The van der Waals surface area contributed by atoms with E-state index in [2.05, 4.69) is 20.4 Å². The third-order valence-corrected chi connectivity index (χ3v) is 5.40. The molecule has 0 aliphatic heterocycles. The highest BCUT2D eigenvalue weighted by atomic mass is 32.2. The number of amides is 1. The molecule has 2 aromatic heterocycles. The van der Waals surface area contributed by atoms with Crippen molar-refractivity contribution in [2.45, 2.75) is 24.1 Å². The van der Waals surface area contributed by atoms with Crippen LogP contribution in [0.15, 0.2) is 76.3 Å². The second kappa shape index (κ2) is 10.1. The summed E-state index contributed by atoms with van der Waals surface area (Å²) in [4.78, 5) is 22.0. The van der Waals surface area contributed by atoms with Crippen molar-refractivity contribution < 1.29 is 18.4 Å². The maximum atomic E-state index is 13.0. The second-order valence-corrected chi connectivity index (χ2v) is 7.78. The predicted octanol–water partition coefficient (Wildman–Crippen LogP) is 4.93. The number of aromatic nitrogens is 3. The van der Waals surface area contributed by atoms with Crippen LogP contribution in [0.1, 0.15) is 27.6 Å². The van der Waals surface area contributed by atoms with Crippen LogP contribution in [0.3, 0.4) is 0 Å². The van der Waals surface area contributed by atoms with Crippen LogP contribution in [0.25, 0.3) is 0 Å². The first-order chi connectivity index (χ1) is 15.6. The Morgan fingerprint density at radius 2 is 1.97 bits per heavy atom. The van der Waals surface area contributed by atoms with Crippen molar-refractivity contribution >= 4 is 17.7 Å². The van der Waals surface area contributed by atoms with E-state index in [1.807, 2.05) is 18.2 Å². The molecule has 0 bridgehead atoms. The van der Waals surface area contributed by atoms with E-state index in [9.17, 15) is 9.18 Å². The molecule has 0 aliphatic rings. The highest BCUT2D eigenvalue weighted by Crippen LogP contribution is 2.26. The lowest BCUT2D eigenvalue weighted by molar-refractivity contribution is 0.0948. The highest BCUT2D eigenvalue weighted by Gasteiger charge is 2.13. The topological polar surface area (TPSA) is 90.1 Å². The number of carbonyl (C=O) groups excluding carboxylic acids is 1. The standard InChI is InChI=1S/C23H19FN4O3S/c1-15-27-22(31-28-15)14-32-20-5-3-2-4-19(20)23(29)26-13-16-10-11-25-21(12-16)30-18-8-6-17(24)7-9-18/h2-12H,13-14H2,1H3,(H,26,29). The number of pyridine rings is 1. The van der Waals surface area contributed by atoms with Gasteiger partial charge in [0.2, 0.25) is 11.8 Å². The molecule has 162 valence electrons. The molecule has 9 heteroatoms. The van der Waals surface area contributed by atoms with Crippen molar-refractivity contribution in [3.63, 3.8) is 0 Å². The summed E-state index contributed by atoms with van der Waals surface area (Å²) >= 11 is 1.45.